The zero-order valence-electron chi connectivity index (χ0n) is 19.7. The molecule has 1 saturated carbocycles. The van der Waals surface area contributed by atoms with Crippen LogP contribution in [0.1, 0.15) is 42.7 Å². The number of methoxy groups -OCH3 is 1. The fourth-order valence-corrected chi connectivity index (χ4v) is 5.27. The fourth-order valence-electron chi connectivity index (χ4n) is 5.27. The number of fused-ring (bicyclic) bond motifs is 1. The molecule has 2 amide bonds. The molecule has 34 heavy (non-hydrogen) atoms. The summed E-state index contributed by atoms with van der Waals surface area (Å²) in [7, 11) is 1.61. The zero-order valence-corrected chi connectivity index (χ0v) is 19.7. The molecule has 6 heteroatoms. The van der Waals surface area contributed by atoms with Crippen molar-refractivity contribution in [2.45, 2.75) is 43.7 Å². The first-order chi connectivity index (χ1) is 16.7. The number of urea groups is 1. The van der Waals surface area contributed by atoms with Crippen molar-refractivity contribution in [1.82, 2.24) is 9.80 Å². The lowest BCUT2D eigenvalue weighted by Gasteiger charge is -2.57. The number of aliphatic hydroxyl groups excluding tert-OH is 1. The molecule has 3 fully saturated rings. The summed E-state index contributed by atoms with van der Waals surface area (Å²) in [4.78, 5) is 17.5. The second kappa shape index (κ2) is 10.1. The third-order valence-corrected chi connectivity index (χ3v) is 7.30. The molecule has 178 valence electrons. The third kappa shape index (κ3) is 4.77. The molecule has 0 spiro atoms. The van der Waals surface area contributed by atoms with Crippen LogP contribution in [0.25, 0.3) is 0 Å². The van der Waals surface area contributed by atoms with Gasteiger partial charge in [-0.05, 0) is 62.1 Å². The Morgan fingerprint density at radius 2 is 1.88 bits per heavy atom. The molecule has 0 aromatic heterocycles. The smallest absolute Gasteiger partial charge is 0.322 e. The predicted molar refractivity (Wildman–Crippen MR) is 133 cm³/mol. The second-order valence-electron chi connectivity index (χ2n) is 9.53. The van der Waals surface area contributed by atoms with E-state index in [-0.39, 0.29) is 30.6 Å². The fraction of sp³-hybridized carbons (Fsp3) is 0.464. The van der Waals surface area contributed by atoms with E-state index in [0.717, 1.165) is 31.5 Å². The number of nitrogens with one attached hydrogen (secondary N) is 1. The highest BCUT2D eigenvalue weighted by Crippen LogP contribution is 2.42. The van der Waals surface area contributed by atoms with Crippen molar-refractivity contribution < 1.29 is 14.6 Å². The maximum absolute atomic E-state index is 13.2. The Labute approximate surface area is 201 Å². The van der Waals surface area contributed by atoms with Crippen molar-refractivity contribution >= 4 is 11.7 Å². The molecule has 0 bridgehead atoms. The molecule has 2 aromatic rings. The number of nitrogens with zero attached hydrogens (tertiary/aromatic N) is 2. The highest BCUT2D eigenvalue weighted by atomic mass is 16.5. The predicted octanol–water partition coefficient (Wildman–Crippen LogP) is 3.91. The molecule has 2 aliphatic heterocycles. The number of carbonyl (C=O) groups is 1. The average Bonchev–Trinajstić information content (AvgIpc) is 3.67. The van der Waals surface area contributed by atoms with E-state index in [1.165, 1.54) is 18.4 Å². The minimum Gasteiger partial charge on any atom is -0.495 e. The SMILES string of the molecule is COc1ccccc1NC(=O)N1CCCCN2[C@H](CO)[C@@H](c3ccc(C#CC4CC4)cc3)[C@H]2C1. The van der Waals surface area contributed by atoms with Crippen LogP contribution in [-0.4, -0.2) is 66.4 Å². The summed E-state index contributed by atoms with van der Waals surface area (Å²) in [5.74, 6) is 8.02. The number of anilines is 1. The largest absolute Gasteiger partial charge is 0.495 e. The number of hydrogen-bond donors (Lipinski definition) is 2. The van der Waals surface area contributed by atoms with Crippen molar-refractivity contribution in [3.05, 3.63) is 59.7 Å². The van der Waals surface area contributed by atoms with E-state index in [1.54, 1.807) is 7.11 Å². The maximum atomic E-state index is 13.2. The molecule has 1 aliphatic carbocycles. The standard InChI is InChI=1S/C28H33N3O3/c1-34-26-7-3-2-6-23(26)29-28(33)30-16-4-5-17-31-24(18-30)27(25(31)19-32)22-14-12-21(13-15-22)11-10-20-8-9-20/h2-3,6-7,12-15,20,24-25,27,32H,4-5,8-9,16-19H2,1H3,(H,29,33)/t24-,25-,27+/m1/s1. The van der Waals surface area contributed by atoms with Gasteiger partial charge in [-0.25, -0.2) is 4.79 Å². The lowest BCUT2D eigenvalue weighted by atomic mass is 9.74. The Hall–Kier alpha value is -3.01. The molecule has 0 unspecified atom stereocenters. The van der Waals surface area contributed by atoms with E-state index in [0.29, 0.717) is 23.9 Å². The van der Waals surface area contributed by atoms with Crippen molar-refractivity contribution in [3.63, 3.8) is 0 Å². The van der Waals surface area contributed by atoms with Crippen LogP contribution in [0.15, 0.2) is 48.5 Å². The van der Waals surface area contributed by atoms with Crippen LogP contribution in [0.4, 0.5) is 10.5 Å². The van der Waals surface area contributed by atoms with Gasteiger partial charge in [0, 0.05) is 42.6 Å². The summed E-state index contributed by atoms with van der Waals surface area (Å²) in [6.45, 7) is 2.43. The second-order valence-corrected chi connectivity index (χ2v) is 9.53. The summed E-state index contributed by atoms with van der Waals surface area (Å²) in [6, 6.07) is 16.1. The van der Waals surface area contributed by atoms with Gasteiger partial charge in [0.1, 0.15) is 5.75 Å². The van der Waals surface area contributed by atoms with Crippen LogP contribution < -0.4 is 10.1 Å². The average molecular weight is 460 g/mol. The Balaban J connectivity index is 1.32. The molecule has 2 N–H and O–H groups in total. The Kier molecular flexibility index (Phi) is 6.75. The van der Waals surface area contributed by atoms with E-state index in [1.807, 2.05) is 29.2 Å². The summed E-state index contributed by atoms with van der Waals surface area (Å²) in [5.41, 5.74) is 2.93. The van der Waals surface area contributed by atoms with E-state index >= 15 is 0 Å². The van der Waals surface area contributed by atoms with Crippen LogP contribution in [0.3, 0.4) is 0 Å². The molecule has 2 saturated heterocycles. The number of aliphatic hydroxyl groups is 1. The number of hydrogen-bond acceptors (Lipinski definition) is 4. The Bertz CT molecular complexity index is 1070. The summed E-state index contributed by atoms with van der Waals surface area (Å²) in [6.07, 6.45) is 4.40. The highest BCUT2D eigenvalue weighted by Gasteiger charge is 2.49. The lowest BCUT2D eigenvalue weighted by Crippen LogP contribution is -2.68. The monoisotopic (exact) mass is 459 g/mol. The van der Waals surface area contributed by atoms with Gasteiger partial charge < -0.3 is 20.1 Å². The van der Waals surface area contributed by atoms with Crippen LogP contribution in [0, 0.1) is 17.8 Å². The molecule has 5 rings (SSSR count). The number of para-hydroxylation sites is 2. The summed E-state index contributed by atoms with van der Waals surface area (Å²) in [5, 5.41) is 13.2. The van der Waals surface area contributed by atoms with Gasteiger partial charge in [-0.3, -0.25) is 4.90 Å². The van der Waals surface area contributed by atoms with Crippen molar-refractivity contribution in [3.8, 4) is 17.6 Å². The molecule has 6 nitrogen and oxygen atoms in total. The van der Waals surface area contributed by atoms with E-state index in [9.17, 15) is 9.90 Å². The van der Waals surface area contributed by atoms with Crippen molar-refractivity contribution in [2.75, 3.05) is 38.7 Å². The molecule has 2 aromatic carbocycles. The number of ether oxygens (including phenoxy) is 1. The lowest BCUT2D eigenvalue weighted by molar-refractivity contribution is -0.0585. The summed E-state index contributed by atoms with van der Waals surface area (Å²) < 4.78 is 5.40. The topological polar surface area (TPSA) is 65.0 Å². The first-order valence-corrected chi connectivity index (χ1v) is 12.3. The molecular formula is C28H33N3O3. The first-order valence-electron chi connectivity index (χ1n) is 12.3. The first kappa shape index (κ1) is 22.8. The quantitative estimate of drug-likeness (QED) is 0.681. The van der Waals surface area contributed by atoms with Gasteiger partial charge in [0.15, 0.2) is 0 Å². The normalized spacial score (nSPS) is 24.5. The number of carbonyl (C=O) groups excluding carboxylic acids is 1. The van der Waals surface area contributed by atoms with Crippen LogP contribution in [-0.2, 0) is 0 Å². The van der Waals surface area contributed by atoms with Crippen molar-refractivity contribution in [2.24, 2.45) is 5.92 Å². The van der Waals surface area contributed by atoms with E-state index in [2.05, 4.69) is 46.3 Å². The van der Waals surface area contributed by atoms with Gasteiger partial charge in [0.05, 0.1) is 19.4 Å². The summed E-state index contributed by atoms with van der Waals surface area (Å²) >= 11 is 0. The molecule has 3 aliphatic rings. The van der Waals surface area contributed by atoms with Crippen LogP contribution in [0.2, 0.25) is 0 Å². The van der Waals surface area contributed by atoms with Gasteiger partial charge in [-0.2, -0.15) is 0 Å². The molecule has 2 heterocycles. The molecule has 0 radical (unpaired) electrons. The minimum atomic E-state index is -0.108. The van der Waals surface area contributed by atoms with Crippen LogP contribution >= 0.6 is 0 Å². The number of amides is 2. The number of rotatable bonds is 4. The Morgan fingerprint density at radius 1 is 1.12 bits per heavy atom. The van der Waals surface area contributed by atoms with Crippen molar-refractivity contribution in [1.29, 1.82) is 0 Å². The van der Waals surface area contributed by atoms with Gasteiger partial charge in [-0.1, -0.05) is 36.1 Å². The van der Waals surface area contributed by atoms with E-state index < -0.39 is 0 Å². The van der Waals surface area contributed by atoms with E-state index in [4.69, 9.17) is 4.74 Å². The molecular weight excluding hydrogens is 426 g/mol. The van der Waals surface area contributed by atoms with Gasteiger partial charge in [0.2, 0.25) is 0 Å². The minimum absolute atomic E-state index is 0.0885. The maximum Gasteiger partial charge on any atom is 0.322 e. The number of benzene rings is 2. The van der Waals surface area contributed by atoms with Gasteiger partial charge >= 0.3 is 6.03 Å². The highest BCUT2D eigenvalue weighted by molar-refractivity contribution is 5.91. The van der Waals surface area contributed by atoms with Gasteiger partial charge in [0.25, 0.3) is 0 Å². The van der Waals surface area contributed by atoms with Crippen LogP contribution in [0.5, 0.6) is 5.75 Å². The zero-order chi connectivity index (χ0) is 23.5. The third-order valence-electron chi connectivity index (χ3n) is 7.30. The molecule has 3 atom stereocenters. The van der Waals surface area contributed by atoms with Gasteiger partial charge in [-0.15, -0.1) is 0 Å². The Morgan fingerprint density at radius 3 is 2.62 bits per heavy atom.